The Balaban J connectivity index is 1.98. The van der Waals surface area contributed by atoms with Crippen LogP contribution in [0, 0.1) is 0 Å². The zero-order valence-electron chi connectivity index (χ0n) is 15.8. The van der Waals surface area contributed by atoms with Crippen molar-refractivity contribution in [3.8, 4) is 5.75 Å². The Morgan fingerprint density at radius 2 is 1.79 bits per heavy atom. The van der Waals surface area contributed by atoms with Crippen LogP contribution in [0.5, 0.6) is 5.75 Å². The number of halogens is 1. The van der Waals surface area contributed by atoms with E-state index in [1.165, 1.54) is 26.2 Å². The molecule has 3 N–H and O–H groups in total. The van der Waals surface area contributed by atoms with Crippen molar-refractivity contribution in [1.29, 1.82) is 0 Å². The largest absolute Gasteiger partial charge is 0.504 e. The van der Waals surface area contributed by atoms with Crippen LogP contribution in [-0.4, -0.2) is 37.5 Å². The van der Waals surface area contributed by atoms with Gasteiger partial charge in [0.05, 0.1) is 10.7 Å². The molecule has 0 amide bonds. The summed E-state index contributed by atoms with van der Waals surface area (Å²) in [6.45, 7) is 2.04. The van der Waals surface area contributed by atoms with Crippen molar-refractivity contribution in [2.75, 3.05) is 24.7 Å². The van der Waals surface area contributed by atoms with Crippen molar-refractivity contribution in [3.05, 3.63) is 37.6 Å². The molecule has 0 heterocycles. The highest BCUT2D eigenvalue weighted by atomic mass is 35.5. The summed E-state index contributed by atoms with van der Waals surface area (Å²) in [5.74, 6) is -0.616. The lowest BCUT2D eigenvalue weighted by Crippen LogP contribution is -2.39. The van der Waals surface area contributed by atoms with Crippen LogP contribution in [0.1, 0.15) is 32.6 Å². The van der Waals surface area contributed by atoms with E-state index in [4.69, 9.17) is 11.6 Å². The number of benzene rings is 1. The standard InChI is InChI=1S/C18H22ClN3O5S/c1-4-7-18(8-9-18)21-13-12(15(24)16(13)25)20-11-6-5-10(19)17(14(11)23)28(26,27)22(2)3/h5-6,20-21,23H,4,7-9H2,1-3H3. The van der Waals surface area contributed by atoms with Crippen LogP contribution in [0.2, 0.25) is 5.02 Å². The van der Waals surface area contributed by atoms with Crippen molar-refractivity contribution in [2.24, 2.45) is 0 Å². The summed E-state index contributed by atoms with van der Waals surface area (Å²) < 4.78 is 25.8. The molecule has 8 nitrogen and oxygen atoms in total. The normalized spacial score (nSPS) is 15.8. The number of sulfonamides is 1. The van der Waals surface area contributed by atoms with Gasteiger partial charge in [-0.15, -0.1) is 0 Å². The first-order chi connectivity index (χ1) is 13.0. The van der Waals surface area contributed by atoms with Gasteiger partial charge in [-0.1, -0.05) is 24.9 Å². The number of anilines is 3. The zero-order chi connectivity index (χ0) is 20.9. The maximum absolute atomic E-state index is 12.5. The van der Waals surface area contributed by atoms with E-state index >= 15 is 0 Å². The summed E-state index contributed by atoms with van der Waals surface area (Å²) in [5.41, 5.74) is -1.36. The first-order valence-electron chi connectivity index (χ1n) is 8.86. The molecule has 1 fully saturated rings. The number of hydrogen-bond donors (Lipinski definition) is 3. The van der Waals surface area contributed by atoms with Gasteiger partial charge >= 0.3 is 0 Å². The fourth-order valence-electron chi connectivity index (χ4n) is 3.17. The predicted octanol–water partition coefficient (Wildman–Crippen LogP) is 2.38. The highest BCUT2D eigenvalue weighted by Gasteiger charge is 2.43. The van der Waals surface area contributed by atoms with Crippen LogP contribution in [-0.2, 0) is 10.0 Å². The Labute approximate surface area is 167 Å². The van der Waals surface area contributed by atoms with Gasteiger partial charge < -0.3 is 15.7 Å². The number of phenols is 1. The second-order valence-corrected chi connectivity index (χ2v) is 9.74. The Morgan fingerprint density at radius 1 is 1.18 bits per heavy atom. The minimum Gasteiger partial charge on any atom is -0.504 e. The first-order valence-corrected chi connectivity index (χ1v) is 10.7. The number of phenolic OH excluding ortho intramolecular Hbond substituents is 1. The Kier molecular flexibility index (Phi) is 5.20. The van der Waals surface area contributed by atoms with Gasteiger partial charge in [0.15, 0.2) is 5.75 Å². The molecule has 0 unspecified atom stereocenters. The average molecular weight is 428 g/mol. The Morgan fingerprint density at radius 3 is 2.32 bits per heavy atom. The molecule has 1 aliphatic rings. The Hall–Kier alpha value is -2.10. The monoisotopic (exact) mass is 427 g/mol. The Bertz CT molecular complexity index is 1100. The van der Waals surface area contributed by atoms with E-state index in [1.807, 2.05) is 6.92 Å². The summed E-state index contributed by atoms with van der Waals surface area (Å²) in [7, 11) is -1.40. The van der Waals surface area contributed by atoms with Crippen LogP contribution in [0.15, 0.2) is 26.6 Å². The molecule has 0 aliphatic heterocycles. The molecule has 1 aliphatic carbocycles. The number of aromatic hydroxyl groups is 1. The van der Waals surface area contributed by atoms with Gasteiger partial charge in [0.25, 0.3) is 10.9 Å². The van der Waals surface area contributed by atoms with E-state index in [-0.39, 0.29) is 27.6 Å². The van der Waals surface area contributed by atoms with E-state index in [0.717, 1.165) is 30.0 Å². The maximum Gasteiger partial charge on any atom is 0.253 e. The molecule has 10 heteroatoms. The molecule has 0 saturated heterocycles. The van der Waals surface area contributed by atoms with Gasteiger partial charge in [-0.25, -0.2) is 12.7 Å². The second-order valence-electron chi connectivity index (χ2n) is 7.25. The molecule has 28 heavy (non-hydrogen) atoms. The number of nitrogens with one attached hydrogen (secondary N) is 2. The van der Waals surface area contributed by atoms with E-state index in [9.17, 15) is 23.1 Å². The molecule has 0 atom stereocenters. The molecule has 0 radical (unpaired) electrons. The molecule has 152 valence electrons. The third kappa shape index (κ3) is 3.38. The van der Waals surface area contributed by atoms with E-state index in [1.54, 1.807) is 0 Å². The van der Waals surface area contributed by atoms with Crippen molar-refractivity contribution in [1.82, 2.24) is 4.31 Å². The van der Waals surface area contributed by atoms with Crippen LogP contribution in [0.3, 0.4) is 0 Å². The molecule has 2 aromatic rings. The molecule has 0 spiro atoms. The SMILES string of the molecule is CCCC1(Nc2c(Nc3ccc(Cl)c(S(=O)(=O)N(C)C)c3O)c(=O)c2=O)CC1. The van der Waals surface area contributed by atoms with Crippen LogP contribution in [0.4, 0.5) is 17.1 Å². The second kappa shape index (κ2) is 7.06. The minimum absolute atomic E-state index is 0.0122. The van der Waals surface area contributed by atoms with Crippen molar-refractivity contribution in [3.63, 3.8) is 0 Å². The highest BCUT2D eigenvalue weighted by Crippen LogP contribution is 2.44. The lowest BCUT2D eigenvalue weighted by Gasteiger charge is -2.22. The molecule has 1 saturated carbocycles. The fourth-order valence-corrected chi connectivity index (χ4v) is 4.65. The zero-order valence-corrected chi connectivity index (χ0v) is 17.4. The maximum atomic E-state index is 12.5. The van der Waals surface area contributed by atoms with E-state index < -0.39 is 31.5 Å². The summed E-state index contributed by atoms with van der Waals surface area (Å²) in [4.78, 5) is 23.6. The minimum atomic E-state index is -4.02. The molecule has 0 bridgehead atoms. The molecular formula is C18H22ClN3O5S. The van der Waals surface area contributed by atoms with Gasteiger partial charge in [0.1, 0.15) is 16.3 Å². The van der Waals surface area contributed by atoms with Crippen LogP contribution in [0.25, 0.3) is 0 Å². The van der Waals surface area contributed by atoms with Gasteiger partial charge in [0.2, 0.25) is 10.0 Å². The predicted molar refractivity (Wildman–Crippen MR) is 109 cm³/mol. The summed E-state index contributed by atoms with van der Waals surface area (Å²) in [6.07, 6.45) is 3.64. The summed E-state index contributed by atoms with van der Waals surface area (Å²) >= 11 is 5.99. The molecule has 0 aromatic heterocycles. The quantitative estimate of drug-likeness (QED) is 0.437. The van der Waals surface area contributed by atoms with E-state index in [2.05, 4.69) is 10.6 Å². The van der Waals surface area contributed by atoms with Gasteiger partial charge in [-0.2, -0.15) is 0 Å². The van der Waals surface area contributed by atoms with Gasteiger partial charge in [-0.3, -0.25) is 9.59 Å². The van der Waals surface area contributed by atoms with Crippen molar-refractivity contribution >= 4 is 38.7 Å². The topological polar surface area (TPSA) is 116 Å². The smallest absolute Gasteiger partial charge is 0.253 e. The third-order valence-corrected chi connectivity index (χ3v) is 7.28. The van der Waals surface area contributed by atoms with Crippen LogP contribution >= 0.6 is 11.6 Å². The van der Waals surface area contributed by atoms with Crippen molar-refractivity contribution < 1.29 is 13.5 Å². The average Bonchev–Trinajstić information content (AvgIpc) is 3.39. The van der Waals surface area contributed by atoms with Gasteiger partial charge in [0, 0.05) is 19.6 Å². The number of rotatable bonds is 8. The molecule has 2 aromatic carbocycles. The number of nitrogens with zero attached hydrogens (tertiary/aromatic N) is 1. The first kappa shape index (κ1) is 20.6. The third-order valence-electron chi connectivity index (χ3n) is 4.96. The lowest BCUT2D eigenvalue weighted by atomic mass is 10.1. The lowest BCUT2D eigenvalue weighted by molar-refractivity contribution is 0.455. The summed E-state index contributed by atoms with van der Waals surface area (Å²) in [5, 5.41) is 16.2. The molecule has 3 rings (SSSR count). The van der Waals surface area contributed by atoms with Crippen LogP contribution < -0.4 is 21.5 Å². The molecular weight excluding hydrogens is 406 g/mol. The summed E-state index contributed by atoms with van der Waals surface area (Å²) in [6, 6.07) is 2.66. The highest BCUT2D eigenvalue weighted by molar-refractivity contribution is 7.89. The van der Waals surface area contributed by atoms with E-state index in [0.29, 0.717) is 0 Å². The van der Waals surface area contributed by atoms with Gasteiger partial charge in [-0.05, 0) is 31.4 Å². The fraction of sp³-hybridized carbons (Fsp3) is 0.444. The number of hydrogen-bond acceptors (Lipinski definition) is 7. The van der Waals surface area contributed by atoms with Crippen molar-refractivity contribution in [2.45, 2.75) is 43.0 Å².